The summed E-state index contributed by atoms with van der Waals surface area (Å²) in [5.41, 5.74) is 6.11. The first-order valence-corrected chi connectivity index (χ1v) is 11.0. The Balaban J connectivity index is 1.75. The summed E-state index contributed by atoms with van der Waals surface area (Å²) in [7, 11) is -4.01. The Morgan fingerprint density at radius 2 is 2.04 bits per heavy atom. The average molecular weight is 432 g/mol. The molecule has 1 aromatic carbocycles. The van der Waals surface area contributed by atoms with E-state index < -0.39 is 22.0 Å². The van der Waals surface area contributed by atoms with E-state index >= 15 is 0 Å². The summed E-state index contributed by atoms with van der Waals surface area (Å²) in [6.45, 7) is 0. The van der Waals surface area contributed by atoms with Crippen molar-refractivity contribution in [2.75, 3.05) is 0 Å². The maximum Gasteiger partial charge on any atom is 0.326 e. The topological polar surface area (TPSA) is 138 Å². The molecule has 1 unspecified atom stereocenters. The zero-order valence-corrected chi connectivity index (χ0v) is 16.6. The van der Waals surface area contributed by atoms with Gasteiger partial charge in [0.1, 0.15) is 10.9 Å². The number of nitrogens with zero attached hydrogens (tertiary/aromatic N) is 3. The Morgan fingerprint density at radius 3 is 2.64 bits per heavy atom. The van der Waals surface area contributed by atoms with E-state index in [1.54, 1.807) is 16.1 Å². The molecule has 0 radical (unpaired) electrons. The number of carbonyl (C=O) groups is 1. The number of nitrogens with two attached hydrogens (primary N) is 1. The molecule has 0 aliphatic carbocycles. The van der Waals surface area contributed by atoms with Crippen LogP contribution in [0.25, 0.3) is 10.6 Å². The van der Waals surface area contributed by atoms with E-state index in [2.05, 4.69) is 16.0 Å². The van der Waals surface area contributed by atoms with Crippen LogP contribution in [-0.2, 0) is 10.0 Å². The normalized spacial score (nSPS) is 12.5. The van der Waals surface area contributed by atoms with Crippen LogP contribution in [0.3, 0.4) is 0 Å². The number of carbonyl (C=O) groups excluding carboxylic acids is 1. The number of rotatable bonds is 6. The van der Waals surface area contributed by atoms with Crippen molar-refractivity contribution in [3.8, 4) is 16.6 Å². The van der Waals surface area contributed by atoms with Crippen LogP contribution < -0.4 is 10.5 Å². The first-order valence-electron chi connectivity index (χ1n) is 7.74. The Kier molecular flexibility index (Phi) is 5.84. The number of aromatic nitrogens is 1. The first kappa shape index (κ1) is 19.7. The van der Waals surface area contributed by atoms with Gasteiger partial charge in [-0.1, -0.05) is 6.07 Å². The van der Waals surface area contributed by atoms with Crippen LogP contribution >= 0.6 is 22.7 Å². The third kappa shape index (κ3) is 4.61. The summed E-state index contributed by atoms with van der Waals surface area (Å²) in [6.07, 6.45) is 1.46. The maximum absolute atomic E-state index is 11.9. The number of nitriles is 1. The molecular weight excluding hydrogens is 418 g/mol. The third-order valence-corrected chi connectivity index (χ3v) is 6.64. The van der Waals surface area contributed by atoms with Gasteiger partial charge in [-0.15, -0.1) is 22.7 Å². The van der Waals surface area contributed by atoms with Crippen LogP contribution in [0.15, 0.2) is 57.0 Å². The summed E-state index contributed by atoms with van der Waals surface area (Å²) < 4.78 is 25.4. The van der Waals surface area contributed by atoms with Gasteiger partial charge in [-0.3, -0.25) is 4.99 Å². The minimum Gasteiger partial charge on any atom is -0.351 e. The monoisotopic (exact) mass is 431 g/mol. The number of sulfonamides is 1. The van der Waals surface area contributed by atoms with Gasteiger partial charge in [0.15, 0.2) is 0 Å². The van der Waals surface area contributed by atoms with Crippen molar-refractivity contribution in [3.05, 3.63) is 52.2 Å². The zero-order chi connectivity index (χ0) is 20.1. The van der Waals surface area contributed by atoms with Crippen molar-refractivity contribution in [2.24, 2.45) is 10.7 Å². The molecule has 11 heteroatoms. The summed E-state index contributed by atoms with van der Waals surface area (Å²) >= 11 is 2.95. The summed E-state index contributed by atoms with van der Waals surface area (Å²) in [5.74, 6) is -0.626. The van der Waals surface area contributed by atoms with Gasteiger partial charge < -0.3 is 5.73 Å². The molecule has 142 valence electrons. The van der Waals surface area contributed by atoms with Crippen molar-refractivity contribution < 1.29 is 13.2 Å². The van der Waals surface area contributed by atoms with E-state index in [0.717, 1.165) is 10.6 Å². The fourth-order valence-electron chi connectivity index (χ4n) is 2.18. The number of hydrogen-bond acceptors (Lipinski definition) is 8. The Hall–Kier alpha value is -3.07. The smallest absolute Gasteiger partial charge is 0.326 e. The van der Waals surface area contributed by atoms with Gasteiger partial charge in [-0.25, -0.2) is 22.9 Å². The predicted molar refractivity (Wildman–Crippen MR) is 108 cm³/mol. The molecule has 0 saturated carbocycles. The molecule has 1 atom stereocenters. The molecular formula is C17H13N5O3S3. The molecule has 3 N–H and O–H groups in total. The number of aliphatic imine (C=N–C) groups is 1. The van der Waals surface area contributed by atoms with Crippen molar-refractivity contribution in [1.82, 2.24) is 9.71 Å². The summed E-state index contributed by atoms with van der Waals surface area (Å²) in [6, 6.07) is 10.4. The summed E-state index contributed by atoms with van der Waals surface area (Å²) in [5, 5.41) is 13.9. The molecule has 8 nitrogen and oxygen atoms in total. The van der Waals surface area contributed by atoms with Crippen molar-refractivity contribution >= 4 is 50.6 Å². The molecule has 0 bridgehead atoms. The lowest BCUT2D eigenvalue weighted by Crippen LogP contribution is -2.34. The number of benzene rings is 1. The van der Waals surface area contributed by atoms with Crippen LogP contribution in [0, 0.1) is 11.3 Å². The van der Waals surface area contributed by atoms with Crippen LogP contribution in [0.5, 0.6) is 0 Å². The number of thiazole rings is 1. The standard InChI is InChI=1S/C17H13N5O3S3/c18-8-11(16-21-14(10-27-16)15-2-1-7-26-15)9-20-12-3-5-13(6-4-12)28(24,25)22-17(19)23/h1-7,9-11H,(H3,19,22,23). The highest BCUT2D eigenvalue weighted by Crippen LogP contribution is 2.29. The molecule has 3 aromatic rings. The molecule has 2 amide bonds. The fraction of sp³-hybridized carbons (Fsp3) is 0.0588. The van der Waals surface area contributed by atoms with E-state index in [1.165, 1.54) is 41.8 Å². The van der Waals surface area contributed by atoms with Gasteiger partial charge in [0.25, 0.3) is 10.0 Å². The van der Waals surface area contributed by atoms with Gasteiger partial charge in [0.05, 0.1) is 27.2 Å². The molecule has 2 heterocycles. The van der Waals surface area contributed by atoms with Crippen LogP contribution in [-0.4, -0.2) is 25.6 Å². The number of nitrogens with one attached hydrogen (secondary N) is 1. The minimum absolute atomic E-state index is 0.123. The summed E-state index contributed by atoms with van der Waals surface area (Å²) in [4.78, 5) is 20.4. The van der Waals surface area contributed by atoms with E-state index in [0.29, 0.717) is 10.7 Å². The van der Waals surface area contributed by atoms with Gasteiger partial charge in [0, 0.05) is 11.6 Å². The van der Waals surface area contributed by atoms with Gasteiger partial charge in [-0.2, -0.15) is 5.26 Å². The van der Waals surface area contributed by atoms with E-state index in [-0.39, 0.29) is 4.90 Å². The zero-order valence-electron chi connectivity index (χ0n) is 14.1. The largest absolute Gasteiger partial charge is 0.351 e. The van der Waals surface area contributed by atoms with Crippen molar-refractivity contribution in [2.45, 2.75) is 10.8 Å². The lowest BCUT2D eigenvalue weighted by atomic mass is 10.2. The van der Waals surface area contributed by atoms with Crippen LogP contribution in [0.2, 0.25) is 0 Å². The second kappa shape index (κ2) is 8.30. The lowest BCUT2D eigenvalue weighted by Gasteiger charge is -2.04. The fourth-order valence-corrected chi connectivity index (χ4v) is 4.64. The molecule has 0 fully saturated rings. The Morgan fingerprint density at radius 1 is 1.29 bits per heavy atom. The number of hydrogen-bond donors (Lipinski definition) is 2. The molecule has 0 saturated heterocycles. The van der Waals surface area contributed by atoms with Gasteiger partial charge >= 0.3 is 6.03 Å². The van der Waals surface area contributed by atoms with E-state index in [4.69, 9.17) is 5.73 Å². The quantitative estimate of drug-likeness (QED) is 0.577. The van der Waals surface area contributed by atoms with E-state index in [9.17, 15) is 18.5 Å². The predicted octanol–water partition coefficient (Wildman–Crippen LogP) is 3.24. The molecule has 0 aliphatic heterocycles. The van der Waals surface area contributed by atoms with Gasteiger partial charge in [0.2, 0.25) is 0 Å². The molecule has 0 spiro atoms. The average Bonchev–Trinajstić information content (AvgIpc) is 3.33. The maximum atomic E-state index is 11.9. The molecule has 3 rings (SSSR count). The van der Waals surface area contributed by atoms with Crippen molar-refractivity contribution in [1.29, 1.82) is 5.26 Å². The second-order valence-corrected chi connectivity index (χ2v) is 8.92. The van der Waals surface area contributed by atoms with Crippen LogP contribution in [0.1, 0.15) is 10.9 Å². The minimum atomic E-state index is -4.01. The van der Waals surface area contributed by atoms with Crippen LogP contribution in [0.4, 0.5) is 10.5 Å². The number of thiophene rings is 1. The lowest BCUT2D eigenvalue weighted by molar-refractivity contribution is 0.253. The highest BCUT2D eigenvalue weighted by atomic mass is 32.2. The number of primary amides is 1. The molecule has 0 aliphatic rings. The SMILES string of the molecule is N#CC(C=Nc1ccc(S(=O)(=O)NC(N)=O)cc1)c1nc(-c2cccs2)cs1. The Labute approximate surface area is 169 Å². The molecule has 28 heavy (non-hydrogen) atoms. The number of urea groups is 1. The van der Waals surface area contributed by atoms with E-state index in [1.807, 2.05) is 22.9 Å². The highest BCUT2D eigenvalue weighted by molar-refractivity contribution is 7.90. The second-order valence-electron chi connectivity index (χ2n) is 5.40. The number of amides is 2. The molecule has 2 aromatic heterocycles. The first-order chi connectivity index (χ1) is 13.4. The Bertz CT molecular complexity index is 1140. The third-order valence-electron chi connectivity index (χ3n) is 3.46. The highest BCUT2D eigenvalue weighted by Gasteiger charge is 2.16. The van der Waals surface area contributed by atoms with Gasteiger partial charge in [-0.05, 0) is 35.7 Å². The van der Waals surface area contributed by atoms with Crippen molar-refractivity contribution in [3.63, 3.8) is 0 Å².